The minimum Gasteiger partial charge on any atom is -0.188 e. The van der Waals surface area contributed by atoms with Gasteiger partial charge in [0.25, 0.3) is 0 Å². The summed E-state index contributed by atoms with van der Waals surface area (Å²) in [4.78, 5) is 0. The molecule has 15 heteroatoms. The van der Waals surface area contributed by atoms with Crippen molar-refractivity contribution in [2.75, 3.05) is 5.34 Å². The number of hydrogen-bond acceptors (Lipinski definition) is 5. The number of alkyl halides is 8. The van der Waals surface area contributed by atoms with Crippen LogP contribution in [0.1, 0.15) is 0 Å². The van der Waals surface area contributed by atoms with Gasteiger partial charge < -0.3 is 0 Å². The molecule has 0 aromatic heterocycles. The maximum atomic E-state index is 11.4. The smallest absolute Gasteiger partial charge is 0.188 e. The Morgan fingerprint density at radius 1 is 0.778 bits per heavy atom. The van der Waals surface area contributed by atoms with E-state index in [0.717, 1.165) is 0 Å². The SMILES string of the molecule is ClCCl.O=S(=O)(OS(=O)(=O)C(F)(F)F)C(F)(F)F. The monoisotopic (exact) mass is 366 g/mol. The molecule has 0 rings (SSSR count). The lowest BCUT2D eigenvalue weighted by molar-refractivity contribution is -0.0585. The minimum absolute atomic E-state index is 0.194. The summed E-state index contributed by atoms with van der Waals surface area (Å²) in [6.07, 6.45) is 0. The molecular weight excluding hydrogens is 365 g/mol. The number of halogens is 8. The van der Waals surface area contributed by atoms with Crippen LogP contribution in [0.3, 0.4) is 0 Å². The van der Waals surface area contributed by atoms with E-state index >= 15 is 0 Å². The maximum absolute atomic E-state index is 11.4. The lowest BCUT2D eigenvalue weighted by Gasteiger charge is -2.09. The predicted molar refractivity (Wildman–Crippen MR) is 47.6 cm³/mol. The second-order valence-electron chi connectivity index (χ2n) is 1.97. The molecule has 0 saturated heterocycles. The molecule has 0 aromatic rings. The van der Waals surface area contributed by atoms with E-state index in [9.17, 15) is 43.2 Å². The Hall–Kier alpha value is 0.0200. The molecular formula is C3H2Cl2F6O5S2. The molecule has 0 aliphatic heterocycles. The standard InChI is InChI=1S/C2F6O5S2.CH2Cl2/c3-1(4,5)14(9,10)13-15(11,12)2(6,7)8;2-1-3/h;1H2. The summed E-state index contributed by atoms with van der Waals surface area (Å²) in [5.74, 6) is 0. The highest BCUT2D eigenvalue weighted by molar-refractivity contribution is 8.00. The fraction of sp³-hybridized carbons (Fsp3) is 1.00. The van der Waals surface area contributed by atoms with Gasteiger partial charge in [-0.25, -0.2) is 0 Å². The van der Waals surface area contributed by atoms with Gasteiger partial charge in [0, 0.05) is 0 Å². The van der Waals surface area contributed by atoms with Crippen LogP contribution in [0.2, 0.25) is 0 Å². The van der Waals surface area contributed by atoms with Gasteiger partial charge in [-0.3, -0.25) is 0 Å². The van der Waals surface area contributed by atoms with Crippen molar-refractivity contribution in [2.24, 2.45) is 0 Å². The van der Waals surface area contributed by atoms with Crippen LogP contribution in [-0.4, -0.2) is 33.2 Å². The Bertz CT molecular complexity index is 407. The van der Waals surface area contributed by atoms with Gasteiger partial charge in [-0.05, 0) is 0 Å². The summed E-state index contributed by atoms with van der Waals surface area (Å²) < 4.78 is 110. The topological polar surface area (TPSA) is 77.5 Å². The van der Waals surface area contributed by atoms with Crippen LogP contribution in [0.4, 0.5) is 26.3 Å². The molecule has 0 unspecified atom stereocenters. The zero-order valence-corrected chi connectivity index (χ0v) is 10.7. The zero-order valence-electron chi connectivity index (χ0n) is 7.59. The van der Waals surface area contributed by atoms with Crippen LogP contribution in [0, 0.1) is 0 Å². The lowest BCUT2D eigenvalue weighted by Crippen LogP contribution is -2.34. The van der Waals surface area contributed by atoms with Crippen LogP contribution < -0.4 is 0 Å². The predicted octanol–water partition coefficient (Wildman–Crippen LogP) is 2.12. The molecule has 18 heavy (non-hydrogen) atoms. The summed E-state index contributed by atoms with van der Waals surface area (Å²) in [5.41, 5.74) is -12.5. The Balaban J connectivity index is 0. The summed E-state index contributed by atoms with van der Waals surface area (Å²) in [6.45, 7) is 0. The van der Waals surface area contributed by atoms with Gasteiger partial charge in [-0.1, -0.05) is 0 Å². The molecule has 0 saturated carbocycles. The maximum Gasteiger partial charge on any atom is 0.524 e. The van der Waals surface area contributed by atoms with Gasteiger partial charge in [0.1, 0.15) is 0 Å². The summed E-state index contributed by atoms with van der Waals surface area (Å²) >= 11 is 9.53. The van der Waals surface area contributed by atoms with Gasteiger partial charge in [0.15, 0.2) is 0 Å². The fourth-order valence-electron chi connectivity index (χ4n) is 0.195. The Morgan fingerprint density at radius 3 is 1.06 bits per heavy atom. The van der Waals surface area contributed by atoms with Crippen molar-refractivity contribution >= 4 is 43.4 Å². The average Bonchev–Trinajstić information content (AvgIpc) is 1.98. The van der Waals surface area contributed by atoms with E-state index in [2.05, 4.69) is 0 Å². The molecule has 0 heterocycles. The van der Waals surface area contributed by atoms with Gasteiger partial charge in [-0.15, -0.1) is 26.8 Å². The van der Waals surface area contributed by atoms with Crippen LogP contribution in [0.25, 0.3) is 0 Å². The van der Waals surface area contributed by atoms with Crippen molar-refractivity contribution < 1.29 is 46.8 Å². The van der Waals surface area contributed by atoms with Crippen LogP contribution >= 0.6 is 23.2 Å². The van der Waals surface area contributed by atoms with Crippen molar-refractivity contribution in [1.82, 2.24) is 0 Å². The fourth-order valence-corrected chi connectivity index (χ4v) is 1.76. The lowest BCUT2D eigenvalue weighted by atomic mass is 11.6. The van der Waals surface area contributed by atoms with Crippen molar-refractivity contribution in [2.45, 2.75) is 11.0 Å². The molecule has 0 N–H and O–H groups in total. The Kier molecular flexibility index (Phi) is 7.29. The van der Waals surface area contributed by atoms with E-state index in [1.54, 1.807) is 0 Å². The number of hydrogen-bond donors (Lipinski definition) is 0. The van der Waals surface area contributed by atoms with E-state index in [1.165, 1.54) is 0 Å². The molecule has 0 radical (unpaired) electrons. The molecule has 0 bridgehead atoms. The van der Waals surface area contributed by atoms with Crippen molar-refractivity contribution in [3.05, 3.63) is 0 Å². The molecule has 0 amide bonds. The first-order valence-electron chi connectivity index (χ1n) is 3.08. The Morgan fingerprint density at radius 2 is 0.944 bits per heavy atom. The summed E-state index contributed by atoms with van der Waals surface area (Å²) in [7, 11) is -13.7. The summed E-state index contributed by atoms with van der Waals surface area (Å²) in [5, 5.41) is 0.194. The zero-order chi connectivity index (χ0) is 15.4. The van der Waals surface area contributed by atoms with Crippen LogP contribution in [-0.2, 0) is 23.9 Å². The van der Waals surface area contributed by atoms with Gasteiger partial charge in [-0.2, -0.15) is 43.2 Å². The van der Waals surface area contributed by atoms with Crippen molar-refractivity contribution in [3.63, 3.8) is 0 Å². The molecule has 0 aliphatic rings. The minimum atomic E-state index is -6.85. The van der Waals surface area contributed by atoms with E-state index in [-0.39, 0.29) is 5.34 Å². The van der Waals surface area contributed by atoms with Crippen LogP contribution in [0.5, 0.6) is 0 Å². The third kappa shape index (κ3) is 6.26. The highest BCUT2D eigenvalue weighted by Gasteiger charge is 2.57. The second kappa shape index (κ2) is 6.45. The van der Waals surface area contributed by atoms with Gasteiger partial charge >= 0.3 is 31.3 Å². The average molecular weight is 367 g/mol. The van der Waals surface area contributed by atoms with E-state index in [4.69, 9.17) is 23.2 Å². The van der Waals surface area contributed by atoms with E-state index < -0.39 is 31.3 Å². The first-order chi connectivity index (χ1) is 7.62. The number of rotatable bonds is 2. The third-order valence-electron chi connectivity index (χ3n) is 0.746. The highest BCUT2D eigenvalue weighted by atomic mass is 35.5. The molecule has 0 fully saturated rings. The first-order valence-corrected chi connectivity index (χ1v) is 6.96. The molecule has 0 atom stereocenters. The van der Waals surface area contributed by atoms with E-state index in [0.29, 0.717) is 0 Å². The highest BCUT2D eigenvalue weighted by Crippen LogP contribution is 2.31. The second-order valence-corrected chi connectivity index (χ2v) is 6.06. The molecule has 0 aliphatic carbocycles. The first kappa shape index (κ1) is 20.3. The van der Waals surface area contributed by atoms with E-state index in [1.807, 2.05) is 3.63 Å². The molecule has 0 aromatic carbocycles. The van der Waals surface area contributed by atoms with Crippen LogP contribution in [0.15, 0.2) is 0 Å². The Labute approximate surface area is 107 Å². The quantitative estimate of drug-likeness (QED) is 0.425. The normalized spacial score (nSPS) is 13.8. The van der Waals surface area contributed by atoms with Crippen molar-refractivity contribution in [3.8, 4) is 0 Å². The van der Waals surface area contributed by atoms with Gasteiger partial charge in [0.2, 0.25) is 0 Å². The third-order valence-corrected chi connectivity index (χ3v) is 3.31. The molecule has 0 spiro atoms. The summed E-state index contributed by atoms with van der Waals surface area (Å²) in [6, 6.07) is 0. The molecule has 112 valence electrons. The van der Waals surface area contributed by atoms with Crippen molar-refractivity contribution in [1.29, 1.82) is 0 Å². The molecule has 5 nitrogen and oxygen atoms in total. The van der Waals surface area contributed by atoms with Gasteiger partial charge in [0.05, 0.1) is 5.34 Å². The largest absolute Gasteiger partial charge is 0.524 e.